The minimum Gasteiger partial charge on any atom is -0.318 e. The van der Waals surface area contributed by atoms with Gasteiger partial charge in [0.1, 0.15) is 5.71 Å². The van der Waals surface area contributed by atoms with Crippen LogP contribution >= 0.6 is 22.6 Å². The highest BCUT2D eigenvalue weighted by Crippen LogP contribution is 2.37. The molecule has 1 aliphatic rings. The maximum atomic E-state index is 11.0. The summed E-state index contributed by atoms with van der Waals surface area (Å²) in [6, 6.07) is 14.2. The molecule has 0 aromatic heterocycles. The van der Waals surface area contributed by atoms with Crippen LogP contribution in [0, 0.1) is 3.57 Å². The number of hydrogen-bond donors (Lipinski definition) is 0. The lowest BCUT2D eigenvalue weighted by molar-refractivity contribution is -0.140. The first-order valence-corrected chi connectivity index (χ1v) is 6.90. The van der Waals surface area contributed by atoms with Crippen molar-refractivity contribution in [2.45, 2.75) is 6.92 Å². The highest BCUT2D eigenvalue weighted by Gasteiger charge is 2.25. The molecule has 0 fully saturated rings. The molecular weight excluding hydrogens is 353 g/mol. The van der Waals surface area contributed by atoms with Gasteiger partial charge in [-0.1, -0.05) is 35.5 Å². The Kier molecular flexibility index (Phi) is 3.10. The fourth-order valence-corrected chi connectivity index (χ4v) is 2.72. The van der Waals surface area contributed by atoms with Gasteiger partial charge in [0, 0.05) is 21.6 Å². The fraction of sp³-hybridized carbons (Fsp3) is 0.0667. The van der Waals surface area contributed by atoms with Gasteiger partial charge in [-0.3, -0.25) is 0 Å². The van der Waals surface area contributed by atoms with Crippen LogP contribution in [0.5, 0.6) is 0 Å². The van der Waals surface area contributed by atoms with Crippen molar-refractivity contribution in [3.8, 4) is 11.1 Å². The molecule has 4 heteroatoms. The lowest BCUT2D eigenvalue weighted by atomic mass is 10.1. The van der Waals surface area contributed by atoms with Gasteiger partial charge in [-0.15, -0.1) is 0 Å². The summed E-state index contributed by atoms with van der Waals surface area (Å²) in [4.78, 5) is 15.8. The van der Waals surface area contributed by atoms with E-state index in [1.165, 1.54) is 6.92 Å². The maximum Gasteiger partial charge on any atom is 0.332 e. The van der Waals surface area contributed by atoms with Crippen LogP contribution in [0.1, 0.15) is 18.1 Å². The van der Waals surface area contributed by atoms with Crippen molar-refractivity contribution in [1.82, 2.24) is 0 Å². The molecule has 94 valence electrons. The highest BCUT2D eigenvalue weighted by atomic mass is 127. The van der Waals surface area contributed by atoms with E-state index in [0.717, 1.165) is 31.5 Å². The summed E-state index contributed by atoms with van der Waals surface area (Å²) in [6.45, 7) is 1.35. The Morgan fingerprint density at radius 1 is 1.05 bits per heavy atom. The van der Waals surface area contributed by atoms with Crippen molar-refractivity contribution < 1.29 is 9.63 Å². The first kappa shape index (κ1) is 12.3. The second kappa shape index (κ2) is 4.77. The van der Waals surface area contributed by atoms with Gasteiger partial charge < -0.3 is 4.84 Å². The van der Waals surface area contributed by atoms with Gasteiger partial charge in [0.05, 0.1) is 0 Å². The number of oxime groups is 1. The Labute approximate surface area is 124 Å². The number of benzene rings is 2. The number of carbonyl (C=O) groups excluding carboxylic acids is 1. The molecule has 0 bridgehead atoms. The third-order valence-electron chi connectivity index (χ3n) is 2.97. The van der Waals surface area contributed by atoms with Gasteiger partial charge in [-0.2, -0.15) is 0 Å². The molecule has 1 aliphatic carbocycles. The molecule has 3 rings (SSSR count). The van der Waals surface area contributed by atoms with Crippen LogP contribution in [0.15, 0.2) is 47.6 Å². The third-order valence-corrected chi connectivity index (χ3v) is 3.65. The number of nitrogens with zero attached hydrogens (tertiary/aromatic N) is 1. The van der Waals surface area contributed by atoms with Crippen molar-refractivity contribution in [3.63, 3.8) is 0 Å². The van der Waals surface area contributed by atoms with Crippen LogP contribution in [-0.2, 0) is 9.63 Å². The monoisotopic (exact) mass is 363 g/mol. The average Bonchev–Trinajstić information content (AvgIpc) is 2.69. The molecule has 2 aromatic carbocycles. The zero-order chi connectivity index (χ0) is 13.4. The zero-order valence-corrected chi connectivity index (χ0v) is 12.3. The second-order valence-corrected chi connectivity index (χ2v) is 5.50. The smallest absolute Gasteiger partial charge is 0.318 e. The van der Waals surface area contributed by atoms with Crippen LogP contribution in [0.4, 0.5) is 0 Å². The summed E-state index contributed by atoms with van der Waals surface area (Å²) in [5, 5.41) is 4.01. The van der Waals surface area contributed by atoms with E-state index in [9.17, 15) is 4.79 Å². The summed E-state index contributed by atoms with van der Waals surface area (Å²) < 4.78 is 1.12. The van der Waals surface area contributed by atoms with E-state index in [-0.39, 0.29) is 0 Å². The van der Waals surface area contributed by atoms with Crippen LogP contribution in [-0.4, -0.2) is 11.7 Å². The topological polar surface area (TPSA) is 38.7 Å². The average molecular weight is 363 g/mol. The molecule has 0 unspecified atom stereocenters. The normalized spacial score (nSPS) is 14.1. The van der Waals surface area contributed by atoms with Crippen LogP contribution in [0.25, 0.3) is 11.1 Å². The van der Waals surface area contributed by atoms with Crippen molar-refractivity contribution in [2.24, 2.45) is 5.16 Å². The Bertz CT molecular complexity index is 707. The Morgan fingerprint density at radius 3 is 2.47 bits per heavy atom. The van der Waals surface area contributed by atoms with Crippen molar-refractivity contribution in [3.05, 3.63) is 57.2 Å². The van der Waals surface area contributed by atoms with Crippen molar-refractivity contribution >= 4 is 34.3 Å². The molecule has 0 N–H and O–H groups in total. The van der Waals surface area contributed by atoms with E-state index in [0.29, 0.717) is 0 Å². The quantitative estimate of drug-likeness (QED) is 0.377. The molecule has 0 aliphatic heterocycles. The summed E-state index contributed by atoms with van der Waals surface area (Å²) in [7, 11) is 0. The molecule has 0 amide bonds. The molecule has 0 heterocycles. The molecule has 0 saturated carbocycles. The Morgan fingerprint density at radius 2 is 1.74 bits per heavy atom. The minimum atomic E-state index is -0.413. The van der Waals surface area contributed by atoms with E-state index in [1.807, 2.05) is 18.2 Å². The van der Waals surface area contributed by atoms with Crippen LogP contribution < -0.4 is 0 Å². The fourth-order valence-electron chi connectivity index (χ4n) is 2.23. The van der Waals surface area contributed by atoms with E-state index in [4.69, 9.17) is 4.84 Å². The first-order chi connectivity index (χ1) is 9.16. The Hall–Kier alpha value is -1.69. The third kappa shape index (κ3) is 2.16. The molecule has 2 aromatic rings. The molecule has 0 saturated heterocycles. The van der Waals surface area contributed by atoms with Gasteiger partial charge in [-0.25, -0.2) is 4.79 Å². The molecule has 0 radical (unpaired) electrons. The number of rotatable bonds is 1. The molecule has 0 spiro atoms. The number of halogens is 1. The summed E-state index contributed by atoms with van der Waals surface area (Å²) in [6.07, 6.45) is 0. The lowest BCUT2D eigenvalue weighted by Gasteiger charge is -2.01. The largest absolute Gasteiger partial charge is 0.332 e. The molecule has 0 atom stereocenters. The van der Waals surface area contributed by atoms with Gasteiger partial charge in [0.2, 0.25) is 0 Å². The standard InChI is InChI=1S/C15H10INO2/c1-9(18)19-17-15-13-5-3-2-4-11(13)12-7-6-10(16)8-14(12)15/h2-8H,1H3/b17-15+. The van der Waals surface area contributed by atoms with Crippen molar-refractivity contribution in [1.29, 1.82) is 0 Å². The molecule has 19 heavy (non-hydrogen) atoms. The SMILES string of the molecule is CC(=O)O/N=C1\c2ccccc2-c2ccc(I)cc21. The van der Waals surface area contributed by atoms with Gasteiger partial charge in [0.25, 0.3) is 0 Å². The summed E-state index contributed by atoms with van der Waals surface area (Å²) in [5.74, 6) is -0.413. The Balaban J connectivity index is 2.22. The molecule has 3 nitrogen and oxygen atoms in total. The number of carbonyl (C=O) groups is 1. The highest BCUT2D eigenvalue weighted by molar-refractivity contribution is 14.1. The van der Waals surface area contributed by atoms with Gasteiger partial charge in [-0.05, 0) is 45.9 Å². The first-order valence-electron chi connectivity index (χ1n) is 5.82. The summed E-state index contributed by atoms with van der Waals surface area (Å²) >= 11 is 2.26. The van der Waals surface area contributed by atoms with Gasteiger partial charge >= 0.3 is 5.97 Å². The van der Waals surface area contributed by atoms with E-state index in [1.54, 1.807) is 0 Å². The van der Waals surface area contributed by atoms with Gasteiger partial charge in [0.15, 0.2) is 0 Å². The lowest BCUT2D eigenvalue weighted by Crippen LogP contribution is -2.02. The van der Waals surface area contributed by atoms with Crippen LogP contribution in [0.3, 0.4) is 0 Å². The zero-order valence-electron chi connectivity index (χ0n) is 10.2. The number of fused-ring (bicyclic) bond motifs is 3. The predicted molar refractivity (Wildman–Crippen MR) is 82.0 cm³/mol. The van der Waals surface area contributed by atoms with E-state index >= 15 is 0 Å². The number of hydrogen-bond acceptors (Lipinski definition) is 3. The van der Waals surface area contributed by atoms with E-state index < -0.39 is 5.97 Å². The molecular formula is C15H10INO2. The van der Waals surface area contributed by atoms with E-state index in [2.05, 4.69) is 52.0 Å². The van der Waals surface area contributed by atoms with Crippen molar-refractivity contribution in [2.75, 3.05) is 0 Å². The second-order valence-electron chi connectivity index (χ2n) is 4.26. The van der Waals surface area contributed by atoms with Crippen LogP contribution in [0.2, 0.25) is 0 Å². The summed E-state index contributed by atoms with van der Waals surface area (Å²) in [5.41, 5.74) is 4.98. The minimum absolute atomic E-state index is 0.413. The maximum absolute atomic E-state index is 11.0. The predicted octanol–water partition coefficient (Wildman–Crippen LogP) is 3.59.